The molecule has 0 radical (unpaired) electrons. The van der Waals surface area contributed by atoms with Crippen molar-refractivity contribution < 1.29 is 0 Å². The van der Waals surface area contributed by atoms with Gasteiger partial charge in [-0.15, -0.1) is 0 Å². The van der Waals surface area contributed by atoms with Gasteiger partial charge in [-0.25, -0.2) is 0 Å². The van der Waals surface area contributed by atoms with E-state index in [1.54, 1.807) is 0 Å². The molecule has 0 saturated carbocycles. The predicted molar refractivity (Wildman–Crippen MR) is 80.2 cm³/mol. The van der Waals surface area contributed by atoms with Crippen LogP contribution >= 0.6 is 0 Å². The fraction of sp³-hybridized carbons (Fsp3) is 0.353. The first-order valence-corrected chi connectivity index (χ1v) is 7.00. The molecule has 0 fully saturated rings. The summed E-state index contributed by atoms with van der Waals surface area (Å²) in [7, 11) is 0. The van der Waals surface area contributed by atoms with Crippen molar-refractivity contribution in [1.82, 2.24) is 10.3 Å². The van der Waals surface area contributed by atoms with Gasteiger partial charge in [0, 0.05) is 17.9 Å². The van der Waals surface area contributed by atoms with E-state index >= 15 is 0 Å². The largest absolute Gasteiger partial charge is 0.310 e. The summed E-state index contributed by atoms with van der Waals surface area (Å²) in [6.45, 7) is 5.31. The monoisotopic (exact) mass is 254 g/mol. The number of hydrogen-bond acceptors (Lipinski definition) is 2. The van der Waals surface area contributed by atoms with Crippen molar-refractivity contribution in [2.75, 3.05) is 6.54 Å². The van der Waals surface area contributed by atoms with E-state index in [1.165, 1.54) is 11.1 Å². The lowest BCUT2D eigenvalue weighted by Crippen LogP contribution is -2.25. The van der Waals surface area contributed by atoms with Crippen molar-refractivity contribution in [1.29, 1.82) is 0 Å². The molecule has 0 aliphatic carbocycles. The Morgan fingerprint density at radius 1 is 1.11 bits per heavy atom. The van der Waals surface area contributed by atoms with E-state index in [2.05, 4.69) is 60.5 Å². The summed E-state index contributed by atoms with van der Waals surface area (Å²) in [4.78, 5) is 4.41. The van der Waals surface area contributed by atoms with E-state index in [4.69, 9.17) is 0 Å². The number of rotatable bonds is 6. The average Bonchev–Trinajstić information content (AvgIpc) is 2.45. The number of nitrogens with zero attached hydrogens (tertiary/aromatic N) is 1. The van der Waals surface area contributed by atoms with E-state index < -0.39 is 0 Å². The molecule has 1 aromatic heterocycles. The maximum absolute atomic E-state index is 4.41. The van der Waals surface area contributed by atoms with Crippen LogP contribution in [0, 0.1) is 6.92 Å². The molecule has 2 aromatic rings. The summed E-state index contributed by atoms with van der Waals surface area (Å²) < 4.78 is 0. The highest BCUT2D eigenvalue weighted by atomic mass is 14.9. The van der Waals surface area contributed by atoms with E-state index in [0.717, 1.165) is 25.1 Å². The number of aromatic nitrogens is 1. The fourth-order valence-electron chi connectivity index (χ4n) is 2.33. The molecule has 1 heterocycles. The van der Waals surface area contributed by atoms with Gasteiger partial charge in [-0.3, -0.25) is 4.98 Å². The second-order valence-corrected chi connectivity index (χ2v) is 4.87. The van der Waals surface area contributed by atoms with Gasteiger partial charge >= 0.3 is 0 Å². The Kier molecular flexibility index (Phi) is 5.10. The van der Waals surface area contributed by atoms with E-state index in [9.17, 15) is 0 Å². The molecule has 1 N–H and O–H groups in total. The van der Waals surface area contributed by atoms with Gasteiger partial charge in [0.1, 0.15) is 0 Å². The van der Waals surface area contributed by atoms with Crippen LogP contribution in [0.15, 0.2) is 48.7 Å². The van der Waals surface area contributed by atoms with E-state index in [-0.39, 0.29) is 0 Å². The lowest BCUT2D eigenvalue weighted by Gasteiger charge is -2.20. The molecule has 0 aliphatic rings. The minimum absolute atomic E-state index is 0.344. The summed E-state index contributed by atoms with van der Waals surface area (Å²) in [5.41, 5.74) is 3.78. The highest BCUT2D eigenvalue weighted by Gasteiger charge is 2.13. The topological polar surface area (TPSA) is 24.9 Å². The van der Waals surface area contributed by atoms with Crippen LogP contribution in [0.3, 0.4) is 0 Å². The summed E-state index contributed by atoms with van der Waals surface area (Å²) in [5.74, 6) is 0. The zero-order valence-corrected chi connectivity index (χ0v) is 11.8. The first kappa shape index (κ1) is 13.8. The smallest absolute Gasteiger partial charge is 0.0420 e. The molecular weight excluding hydrogens is 232 g/mol. The SMILES string of the molecule is CCCNC(Cc1ccccc1)c1cccnc1C. The lowest BCUT2D eigenvalue weighted by molar-refractivity contribution is 0.525. The molecule has 19 heavy (non-hydrogen) atoms. The van der Waals surface area contributed by atoms with Gasteiger partial charge in [0.15, 0.2) is 0 Å². The van der Waals surface area contributed by atoms with Crippen LogP contribution in [-0.2, 0) is 6.42 Å². The Balaban J connectivity index is 2.19. The van der Waals surface area contributed by atoms with Crippen LogP contribution in [0.1, 0.15) is 36.2 Å². The number of benzene rings is 1. The van der Waals surface area contributed by atoms with Crippen molar-refractivity contribution in [2.24, 2.45) is 0 Å². The van der Waals surface area contributed by atoms with Gasteiger partial charge in [0.25, 0.3) is 0 Å². The molecule has 0 amide bonds. The first-order chi connectivity index (χ1) is 9.31. The van der Waals surface area contributed by atoms with Crippen molar-refractivity contribution in [2.45, 2.75) is 32.7 Å². The molecule has 2 nitrogen and oxygen atoms in total. The molecule has 0 aliphatic heterocycles. The van der Waals surface area contributed by atoms with Gasteiger partial charge in [-0.05, 0) is 43.5 Å². The second kappa shape index (κ2) is 7.05. The Hall–Kier alpha value is -1.67. The lowest BCUT2D eigenvalue weighted by atomic mass is 9.98. The van der Waals surface area contributed by atoms with Crippen molar-refractivity contribution in [3.05, 3.63) is 65.5 Å². The fourth-order valence-corrected chi connectivity index (χ4v) is 2.33. The molecule has 1 aromatic carbocycles. The molecular formula is C17H22N2. The average molecular weight is 254 g/mol. The molecule has 100 valence electrons. The Bertz CT molecular complexity index is 494. The van der Waals surface area contributed by atoms with Gasteiger partial charge in [0.05, 0.1) is 0 Å². The number of pyridine rings is 1. The van der Waals surface area contributed by atoms with Crippen LogP contribution in [-0.4, -0.2) is 11.5 Å². The van der Waals surface area contributed by atoms with Gasteiger partial charge in [-0.1, -0.05) is 43.3 Å². The number of nitrogens with one attached hydrogen (secondary N) is 1. The third-order valence-corrected chi connectivity index (χ3v) is 3.35. The first-order valence-electron chi connectivity index (χ1n) is 7.00. The summed E-state index contributed by atoms with van der Waals surface area (Å²) >= 11 is 0. The predicted octanol–water partition coefficient (Wildman–Crippen LogP) is 3.67. The van der Waals surface area contributed by atoms with Crippen LogP contribution in [0.5, 0.6) is 0 Å². The minimum atomic E-state index is 0.344. The zero-order chi connectivity index (χ0) is 13.5. The van der Waals surface area contributed by atoms with E-state index in [1.807, 2.05) is 12.3 Å². The Labute approximate surface area is 115 Å². The highest BCUT2D eigenvalue weighted by molar-refractivity contribution is 5.26. The minimum Gasteiger partial charge on any atom is -0.310 e. The molecule has 0 saturated heterocycles. The summed E-state index contributed by atoms with van der Waals surface area (Å²) in [6, 6.07) is 15.2. The summed E-state index contributed by atoms with van der Waals surface area (Å²) in [5, 5.41) is 3.64. The number of aryl methyl sites for hydroxylation is 1. The maximum atomic E-state index is 4.41. The van der Waals surface area contributed by atoms with E-state index in [0.29, 0.717) is 6.04 Å². The van der Waals surface area contributed by atoms with Crippen LogP contribution in [0.4, 0.5) is 0 Å². The molecule has 2 rings (SSSR count). The molecule has 0 bridgehead atoms. The Morgan fingerprint density at radius 2 is 1.89 bits per heavy atom. The third-order valence-electron chi connectivity index (χ3n) is 3.35. The molecule has 2 heteroatoms. The molecule has 1 atom stereocenters. The van der Waals surface area contributed by atoms with Crippen LogP contribution in [0.2, 0.25) is 0 Å². The molecule has 1 unspecified atom stereocenters. The maximum Gasteiger partial charge on any atom is 0.0420 e. The van der Waals surface area contributed by atoms with Crippen molar-refractivity contribution in [3.8, 4) is 0 Å². The normalized spacial score (nSPS) is 12.3. The van der Waals surface area contributed by atoms with Gasteiger partial charge in [0.2, 0.25) is 0 Å². The van der Waals surface area contributed by atoms with Crippen molar-refractivity contribution in [3.63, 3.8) is 0 Å². The Morgan fingerprint density at radius 3 is 2.58 bits per heavy atom. The van der Waals surface area contributed by atoms with Gasteiger partial charge < -0.3 is 5.32 Å². The number of hydrogen-bond donors (Lipinski definition) is 1. The van der Waals surface area contributed by atoms with Gasteiger partial charge in [-0.2, -0.15) is 0 Å². The third kappa shape index (κ3) is 3.90. The second-order valence-electron chi connectivity index (χ2n) is 4.87. The van der Waals surface area contributed by atoms with Crippen LogP contribution in [0.25, 0.3) is 0 Å². The standard InChI is InChI=1S/C17H22N2/c1-3-11-19-17(13-15-8-5-4-6-9-15)16-10-7-12-18-14(16)2/h4-10,12,17,19H,3,11,13H2,1-2H3. The molecule has 0 spiro atoms. The highest BCUT2D eigenvalue weighted by Crippen LogP contribution is 2.20. The van der Waals surface area contributed by atoms with Crippen LogP contribution < -0.4 is 5.32 Å². The summed E-state index contributed by atoms with van der Waals surface area (Å²) in [6.07, 6.45) is 4.01. The van der Waals surface area contributed by atoms with Crippen molar-refractivity contribution >= 4 is 0 Å². The zero-order valence-electron chi connectivity index (χ0n) is 11.8. The quantitative estimate of drug-likeness (QED) is 0.850.